The van der Waals surface area contributed by atoms with E-state index in [0.29, 0.717) is 44.0 Å². The van der Waals surface area contributed by atoms with Gasteiger partial charge in [0, 0.05) is 37.3 Å². The molecule has 2 aliphatic rings. The van der Waals surface area contributed by atoms with Crippen LogP contribution in [0.2, 0.25) is 0 Å². The molecule has 2 amide bonds. The lowest BCUT2D eigenvalue weighted by Crippen LogP contribution is -2.50. The van der Waals surface area contributed by atoms with E-state index in [1.165, 1.54) is 12.1 Å². The van der Waals surface area contributed by atoms with Crippen LogP contribution >= 0.6 is 0 Å². The highest BCUT2D eigenvalue weighted by Crippen LogP contribution is 2.36. The van der Waals surface area contributed by atoms with Gasteiger partial charge in [0.1, 0.15) is 17.2 Å². The van der Waals surface area contributed by atoms with Gasteiger partial charge in [-0.2, -0.15) is 0 Å². The number of carbonyl (C=O) groups excluding carboxylic acids is 2. The summed E-state index contributed by atoms with van der Waals surface area (Å²) in [4.78, 5) is 34.0. The molecule has 0 saturated carbocycles. The fourth-order valence-electron chi connectivity index (χ4n) is 4.96. The number of fused-ring (bicyclic) bond motifs is 1. The summed E-state index contributed by atoms with van der Waals surface area (Å²) in [5, 5.41) is 0. The van der Waals surface area contributed by atoms with Crippen LogP contribution in [0.5, 0.6) is 0 Å². The van der Waals surface area contributed by atoms with Crippen LogP contribution in [0, 0.1) is 12.7 Å². The molecule has 2 aromatic heterocycles. The van der Waals surface area contributed by atoms with E-state index in [9.17, 15) is 14.0 Å². The van der Waals surface area contributed by atoms with Gasteiger partial charge >= 0.3 is 6.09 Å². The molecular formula is C28H33FN4O4. The molecule has 0 spiro atoms. The van der Waals surface area contributed by atoms with Crippen LogP contribution in [0.1, 0.15) is 55.4 Å². The molecule has 8 nitrogen and oxygen atoms in total. The molecular weight excluding hydrogens is 475 g/mol. The molecule has 2 saturated heterocycles. The summed E-state index contributed by atoms with van der Waals surface area (Å²) >= 11 is 0. The van der Waals surface area contributed by atoms with Gasteiger partial charge < -0.3 is 23.7 Å². The summed E-state index contributed by atoms with van der Waals surface area (Å²) in [6, 6.07) is 6.31. The number of imidazole rings is 1. The lowest BCUT2D eigenvalue weighted by Gasteiger charge is -2.40. The number of halogens is 1. The number of likely N-dealkylation sites (tertiary alicyclic amines) is 1. The Balaban J connectivity index is 1.52. The van der Waals surface area contributed by atoms with E-state index in [2.05, 4.69) is 4.98 Å². The van der Waals surface area contributed by atoms with E-state index in [4.69, 9.17) is 9.47 Å². The van der Waals surface area contributed by atoms with Crippen LogP contribution in [-0.4, -0.2) is 75.7 Å². The lowest BCUT2D eigenvalue weighted by molar-refractivity contribution is 0.00358. The monoisotopic (exact) mass is 508 g/mol. The Morgan fingerprint density at radius 2 is 1.92 bits per heavy atom. The molecule has 0 aliphatic carbocycles. The molecule has 9 heteroatoms. The Morgan fingerprint density at radius 3 is 2.62 bits per heavy atom. The van der Waals surface area contributed by atoms with Gasteiger partial charge in [0.25, 0.3) is 5.91 Å². The predicted octanol–water partition coefficient (Wildman–Crippen LogP) is 4.64. The van der Waals surface area contributed by atoms with E-state index < -0.39 is 11.4 Å². The summed E-state index contributed by atoms with van der Waals surface area (Å²) in [6.07, 6.45) is 3.49. The van der Waals surface area contributed by atoms with Crippen LogP contribution in [0.15, 0.2) is 36.7 Å². The standard InChI is InChI=1S/C28H33FN4O4/c1-17-16-36-9-8-32(17)26(34)24-11-21(29)6-7-22(24)23-10-19(15-33-18(2)30-12-25(23)33)20-13-31(14-20)27(35)37-28(3,4)5/h6-7,10-12,15,17,20H,8-9,13-14,16H2,1-5H3/t17-/m1/s1. The quantitative estimate of drug-likeness (QED) is 0.515. The van der Waals surface area contributed by atoms with Gasteiger partial charge in [-0.15, -0.1) is 0 Å². The minimum Gasteiger partial charge on any atom is -0.444 e. The summed E-state index contributed by atoms with van der Waals surface area (Å²) in [5.41, 5.74) is 3.08. The van der Waals surface area contributed by atoms with Crippen molar-refractivity contribution in [3.8, 4) is 11.1 Å². The van der Waals surface area contributed by atoms with Crippen molar-refractivity contribution in [3.05, 3.63) is 59.4 Å². The molecule has 3 aromatic rings. The topological polar surface area (TPSA) is 76.4 Å². The average Bonchev–Trinajstić information content (AvgIpc) is 3.17. The molecule has 2 fully saturated rings. The van der Waals surface area contributed by atoms with Crippen molar-refractivity contribution in [2.75, 3.05) is 32.8 Å². The Hall–Kier alpha value is -3.46. The summed E-state index contributed by atoms with van der Waals surface area (Å²) in [5.74, 6) is 0.233. The van der Waals surface area contributed by atoms with Gasteiger partial charge in [0.05, 0.1) is 36.5 Å². The highest BCUT2D eigenvalue weighted by atomic mass is 19.1. The number of carbonyl (C=O) groups is 2. The molecule has 2 aliphatic heterocycles. The third-order valence-corrected chi connectivity index (χ3v) is 6.98. The smallest absolute Gasteiger partial charge is 0.410 e. The lowest BCUT2D eigenvalue weighted by atomic mass is 9.89. The van der Waals surface area contributed by atoms with Crippen LogP contribution in [0.3, 0.4) is 0 Å². The zero-order valence-electron chi connectivity index (χ0n) is 22.0. The fourth-order valence-corrected chi connectivity index (χ4v) is 4.96. The Morgan fingerprint density at radius 1 is 1.16 bits per heavy atom. The van der Waals surface area contributed by atoms with E-state index in [-0.39, 0.29) is 24.0 Å². The second kappa shape index (κ2) is 9.45. The number of aryl methyl sites for hydroxylation is 1. The van der Waals surface area contributed by atoms with Crippen LogP contribution < -0.4 is 0 Å². The normalized spacial score (nSPS) is 18.7. The number of hydrogen-bond acceptors (Lipinski definition) is 5. The first-order valence-corrected chi connectivity index (χ1v) is 12.7. The number of morpholine rings is 1. The Labute approximate surface area is 216 Å². The average molecular weight is 509 g/mol. The van der Waals surface area contributed by atoms with Crippen LogP contribution in [0.4, 0.5) is 9.18 Å². The predicted molar refractivity (Wildman–Crippen MR) is 137 cm³/mol. The number of benzene rings is 1. The number of amides is 2. The molecule has 37 heavy (non-hydrogen) atoms. The third kappa shape index (κ3) is 4.92. The molecule has 4 heterocycles. The molecule has 0 bridgehead atoms. The number of pyridine rings is 1. The van der Waals surface area contributed by atoms with E-state index >= 15 is 0 Å². The minimum atomic E-state index is -0.550. The summed E-state index contributed by atoms with van der Waals surface area (Å²) in [6.45, 7) is 11.8. The van der Waals surface area contributed by atoms with E-state index in [1.807, 2.05) is 51.3 Å². The van der Waals surface area contributed by atoms with Gasteiger partial charge in [-0.1, -0.05) is 6.07 Å². The van der Waals surface area contributed by atoms with Gasteiger partial charge in [0.15, 0.2) is 0 Å². The SMILES string of the molecule is Cc1ncc2c(-c3ccc(F)cc3C(=O)N3CCOC[C@H]3C)cc(C3CN(C(=O)OC(C)(C)C)C3)cn12. The molecule has 5 rings (SSSR count). The van der Waals surface area contributed by atoms with Crippen molar-refractivity contribution in [3.63, 3.8) is 0 Å². The van der Waals surface area contributed by atoms with Crippen molar-refractivity contribution in [2.45, 2.75) is 52.2 Å². The van der Waals surface area contributed by atoms with Crippen molar-refractivity contribution < 1.29 is 23.5 Å². The van der Waals surface area contributed by atoms with Crippen LogP contribution in [0.25, 0.3) is 16.6 Å². The van der Waals surface area contributed by atoms with E-state index in [1.54, 1.807) is 22.1 Å². The van der Waals surface area contributed by atoms with Crippen molar-refractivity contribution >= 4 is 17.5 Å². The Bertz CT molecular complexity index is 1360. The maximum Gasteiger partial charge on any atom is 0.410 e. The maximum atomic E-state index is 14.5. The fraction of sp³-hybridized carbons (Fsp3) is 0.464. The second-order valence-corrected chi connectivity index (χ2v) is 10.9. The van der Waals surface area contributed by atoms with Gasteiger partial charge in [-0.25, -0.2) is 14.2 Å². The van der Waals surface area contributed by atoms with Gasteiger partial charge in [-0.3, -0.25) is 4.79 Å². The largest absolute Gasteiger partial charge is 0.444 e. The molecule has 0 N–H and O–H groups in total. The number of nitrogens with zero attached hydrogens (tertiary/aromatic N) is 4. The Kier molecular flexibility index (Phi) is 6.43. The minimum absolute atomic E-state index is 0.102. The zero-order valence-corrected chi connectivity index (χ0v) is 22.0. The van der Waals surface area contributed by atoms with Crippen LogP contribution in [-0.2, 0) is 9.47 Å². The molecule has 1 atom stereocenters. The number of aromatic nitrogens is 2. The van der Waals surface area contributed by atoms with Gasteiger partial charge in [-0.05, 0) is 63.9 Å². The van der Waals surface area contributed by atoms with Crippen molar-refractivity contribution in [1.82, 2.24) is 19.2 Å². The van der Waals surface area contributed by atoms with Gasteiger partial charge in [0.2, 0.25) is 0 Å². The first-order chi connectivity index (χ1) is 17.5. The summed E-state index contributed by atoms with van der Waals surface area (Å²) in [7, 11) is 0. The highest BCUT2D eigenvalue weighted by Gasteiger charge is 2.35. The first-order valence-electron chi connectivity index (χ1n) is 12.7. The van der Waals surface area contributed by atoms with Crippen molar-refractivity contribution in [2.24, 2.45) is 0 Å². The maximum absolute atomic E-state index is 14.5. The molecule has 196 valence electrons. The molecule has 0 radical (unpaired) electrons. The van der Waals surface area contributed by atoms with Crippen molar-refractivity contribution in [1.29, 1.82) is 0 Å². The van der Waals surface area contributed by atoms with E-state index in [0.717, 1.165) is 22.5 Å². The number of rotatable bonds is 3. The number of hydrogen-bond donors (Lipinski definition) is 0. The zero-order chi connectivity index (χ0) is 26.5. The number of ether oxygens (including phenoxy) is 2. The highest BCUT2D eigenvalue weighted by molar-refractivity contribution is 6.03. The molecule has 0 unspecified atom stereocenters. The third-order valence-electron chi connectivity index (χ3n) is 6.98. The summed E-state index contributed by atoms with van der Waals surface area (Å²) < 4.78 is 27.4. The molecule has 1 aromatic carbocycles. The second-order valence-electron chi connectivity index (χ2n) is 10.9. The first kappa shape index (κ1) is 25.2.